The van der Waals surface area contributed by atoms with Crippen LogP contribution in [0.5, 0.6) is 0 Å². The van der Waals surface area contributed by atoms with Gasteiger partial charge >= 0.3 is 0 Å². The molecular weight excluding hydrogens is 267 g/mol. The fourth-order valence-electron chi connectivity index (χ4n) is 3.15. The number of morpholine rings is 1. The minimum absolute atomic E-state index is 0.0738. The number of ether oxygens (including phenoxy) is 1. The van der Waals surface area contributed by atoms with E-state index in [0.29, 0.717) is 0 Å². The summed E-state index contributed by atoms with van der Waals surface area (Å²) in [6.07, 6.45) is 1.47. The highest BCUT2D eigenvalue weighted by molar-refractivity contribution is 5.21. The molecule has 1 aromatic rings. The largest absolute Gasteiger partial charge is 0.373 e. The first-order valence-corrected chi connectivity index (χ1v) is 7.95. The summed E-state index contributed by atoms with van der Waals surface area (Å²) in [7, 11) is 0. The highest BCUT2D eigenvalue weighted by Gasteiger charge is 2.23. The Morgan fingerprint density at radius 1 is 1.29 bits per heavy atom. The molecule has 0 spiro atoms. The Morgan fingerprint density at radius 2 is 1.95 bits per heavy atom. The number of nitrogens with one attached hydrogen (secondary N) is 1. The summed E-state index contributed by atoms with van der Waals surface area (Å²) in [6, 6.07) is 7.14. The first-order chi connectivity index (χ1) is 10.1. The second-order valence-electron chi connectivity index (χ2n) is 5.94. The summed E-state index contributed by atoms with van der Waals surface area (Å²) in [6.45, 7) is 10.0. The predicted octanol–water partition coefficient (Wildman–Crippen LogP) is 2.98. The van der Waals surface area contributed by atoms with Crippen LogP contribution in [0, 0.1) is 5.82 Å². The molecule has 3 atom stereocenters. The minimum Gasteiger partial charge on any atom is -0.373 e. The van der Waals surface area contributed by atoms with Gasteiger partial charge in [0.25, 0.3) is 0 Å². The van der Waals surface area contributed by atoms with Crippen molar-refractivity contribution in [2.24, 2.45) is 0 Å². The lowest BCUT2D eigenvalue weighted by atomic mass is 10.0. The second kappa shape index (κ2) is 7.87. The van der Waals surface area contributed by atoms with E-state index in [9.17, 15) is 4.39 Å². The Morgan fingerprint density at radius 3 is 2.57 bits per heavy atom. The van der Waals surface area contributed by atoms with Gasteiger partial charge in [-0.3, -0.25) is 4.90 Å². The van der Waals surface area contributed by atoms with Crippen molar-refractivity contribution in [3.05, 3.63) is 35.6 Å². The van der Waals surface area contributed by atoms with Crippen LogP contribution in [-0.4, -0.2) is 43.3 Å². The third-order valence-electron chi connectivity index (χ3n) is 3.96. The number of hydrogen-bond acceptors (Lipinski definition) is 3. The summed E-state index contributed by atoms with van der Waals surface area (Å²) in [5.74, 6) is -0.118. The van der Waals surface area contributed by atoms with E-state index in [0.717, 1.165) is 38.2 Å². The van der Waals surface area contributed by atoms with Crippen molar-refractivity contribution in [3.8, 4) is 0 Å². The van der Waals surface area contributed by atoms with Crippen molar-refractivity contribution >= 4 is 0 Å². The molecule has 4 heteroatoms. The molecule has 2 rings (SSSR count). The van der Waals surface area contributed by atoms with E-state index < -0.39 is 0 Å². The van der Waals surface area contributed by atoms with Crippen molar-refractivity contribution in [2.45, 2.75) is 45.4 Å². The summed E-state index contributed by atoms with van der Waals surface area (Å²) in [4.78, 5) is 2.42. The predicted molar refractivity (Wildman–Crippen MR) is 83.9 cm³/mol. The maximum atomic E-state index is 14.0. The summed E-state index contributed by atoms with van der Waals surface area (Å²) >= 11 is 0. The molecule has 0 saturated carbocycles. The summed E-state index contributed by atoms with van der Waals surface area (Å²) < 4.78 is 19.7. The zero-order chi connectivity index (χ0) is 15.2. The van der Waals surface area contributed by atoms with Crippen molar-refractivity contribution in [1.29, 1.82) is 0 Å². The third-order valence-corrected chi connectivity index (χ3v) is 3.96. The van der Waals surface area contributed by atoms with E-state index >= 15 is 0 Å². The number of halogens is 1. The molecular formula is C17H27FN2O. The zero-order valence-corrected chi connectivity index (χ0v) is 13.3. The zero-order valence-electron chi connectivity index (χ0n) is 13.3. The molecule has 1 aromatic carbocycles. The normalized spacial score (nSPS) is 25.0. The molecule has 21 heavy (non-hydrogen) atoms. The molecule has 0 bridgehead atoms. The maximum absolute atomic E-state index is 14.0. The Hall–Kier alpha value is -0.970. The quantitative estimate of drug-likeness (QED) is 0.873. The maximum Gasteiger partial charge on any atom is 0.127 e. The van der Waals surface area contributed by atoms with E-state index in [1.807, 2.05) is 12.1 Å². The summed E-state index contributed by atoms with van der Waals surface area (Å²) in [5.41, 5.74) is 0.772. The van der Waals surface area contributed by atoms with Crippen LogP contribution in [0.4, 0.5) is 4.39 Å². The van der Waals surface area contributed by atoms with Gasteiger partial charge in [-0.25, -0.2) is 4.39 Å². The fraction of sp³-hybridized carbons (Fsp3) is 0.647. The Balaban J connectivity index is 1.96. The lowest BCUT2D eigenvalue weighted by molar-refractivity contribution is -0.0686. The van der Waals surface area contributed by atoms with E-state index in [2.05, 4.69) is 31.0 Å². The molecule has 1 unspecified atom stereocenters. The number of rotatable bonds is 6. The molecule has 1 aliphatic rings. The Bertz CT molecular complexity index is 431. The molecule has 1 saturated heterocycles. The average Bonchev–Trinajstić information content (AvgIpc) is 2.43. The Labute approximate surface area is 127 Å². The van der Waals surface area contributed by atoms with Crippen LogP contribution in [-0.2, 0) is 4.74 Å². The lowest BCUT2D eigenvalue weighted by Crippen LogP contribution is -2.46. The van der Waals surface area contributed by atoms with Gasteiger partial charge in [0, 0.05) is 31.2 Å². The van der Waals surface area contributed by atoms with Crippen molar-refractivity contribution in [1.82, 2.24) is 10.2 Å². The van der Waals surface area contributed by atoms with Gasteiger partial charge in [-0.2, -0.15) is 0 Å². The van der Waals surface area contributed by atoms with Crippen LogP contribution in [0.1, 0.15) is 38.8 Å². The molecule has 0 radical (unpaired) electrons. The molecule has 0 amide bonds. The molecule has 1 aliphatic heterocycles. The van der Waals surface area contributed by atoms with Crippen LogP contribution >= 0.6 is 0 Å². The number of nitrogens with zero attached hydrogens (tertiary/aromatic N) is 1. The minimum atomic E-state index is -0.118. The van der Waals surface area contributed by atoms with Gasteiger partial charge in [0.1, 0.15) is 5.82 Å². The molecule has 1 fully saturated rings. The van der Waals surface area contributed by atoms with Crippen molar-refractivity contribution in [3.63, 3.8) is 0 Å². The topological polar surface area (TPSA) is 24.5 Å². The monoisotopic (exact) mass is 294 g/mol. The lowest BCUT2D eigenvalue weighted by Gasteiger charge is -2.36. The molecule has 0 aromatic heterocycles. The van der Waals surface area contributed by atoms with E-state index in [4.69, 9.17) is 4.74 Å². The van der Waals surface area contributed by atoms with Gasteiger partial charge in [0.2, 0.25) is 0 Å². The van der Waals surface area contributed by atoms with Crippen LogP contribution < -0.4 is 5.32 Å². The average molecular weight is 294 g/mol. The fourth-order valence-corrected chi connectivity index (χ4v) is 3.15. The molecule has 118 valence electrons. The van der Waals surface area contributed by atoms with E-state index in [1.54, 1.807) is 12.1 Å². The number of hydrogen-bond donors (Lipinski definition) is 1. The molecule has 1 heterocycles. The molecule has 1 N–H and O–H groups in total. The third kappa shape index (κ3) is 4.77. The van der Waals surface area contributed by atoms with Crippen LogP contribution in [0.25, 0.3) is 0 Å². The van der Waals surface area contributed by atoms with E-state index in [1.165, 1.54) is 0 Å². The van der Waals surface area contributed by atoms with Gasteiger partial charge in [-0.05, 0) is 32.9 Å². The Kier molecular flexibility index (Phi) is 6.15. The van der Waals surface area contributed by atoms with Crippen molar-refractivity contribution in [2.75, 3.05) is 26.2 Å². The standard InChI is InChI=1S/C17H27FN2O/c1-4-19-17(15-7-5-6-8-16(15)18)9-10-20-11-13(2)21-14(3)12-20/h5-8,13-14,17,19H,4,9-12H2,1-3H3/t13-,14+,17?. The van der Waals surface area contributed by atoms with Gasteiger partial charge in [0.05, 0.1) is 12.2 Å². The highest BCUT2D eigenvalue weighted by atomic mass is 19.1. The highest BCUT2D eigenvalue weighted by Crippen LogP contribution is 2.21. The van der Waals surface area contributed by atoms with Crippen LogP contribution in [0.3, 0.4) is 0 Å². The van der Waals surface area contributed by atoms with Gasteiger partial charge < -0.3 is 10.1 Å². The van der Waals surface area contributed by atoms with Crippen LogP contribution in [0.2, 0.25) is 0 Å². The first-order valence-electron chi connectivity index (χ1n) is 7.95. The second-order valence-corrected chi connectivity index (χ2v) is 5.94. The SMILES string of the molecule is CCNC(CCN1C[C@@H](C)O[C@@H](C)C1)c1ccccc1F. The first kappa shape index (κ1) is 16.4. The summed E-state index contributed by atoms with van der Waals surface area (Å²) in [5, 5.41) is 3.40. The number of benzene rings is 1. The molecule has 3 nitrogen and oxygen atoms in total. The van der Waals surface area contributed by atoms with Crippen LogP contribution in [0.15, 0.2) is 24.3 Å². The van der Waals surface area contributed by atoms with Gasteiger partial charge in [-0.1, -0.05) is 25.1 Å². The molecule has 0 aliphatic carbocycles. The van der Waals surface area contributed by atoms with Gasteiger partial charge in [0.15, 0.2) is 0 Å². The van der Waals surface area contributed by atoms with E-state index in [-0.39, 0.29) is 24.1 Å². The van der Waals surface area contributed by atoms with Gasteiger partial charge in [-0.15, -0.1) is 0 Å². The van der Waals surface area contributed by atoms with Crippen molar-refractivity contribution < 1.29 is 9.13 Å². The smallest absolute Gasteiger partial charge is 0.127 e.